The molecule has 0 fully saturated rings. The number of aromatic nitrogens is 2. The highest BCUT2D eigenvalue weighted by molar-refractivity contribution is 7.88. The number of rotatable bonds is 2. The van der Waals surface area contributed by atoms with Gasteiger partial charge in [-0.2, -0.15) is 4.31 Å². The van der Waals surface area contributed by atoms with E-state index in [0.717, 1.165) is 6.26 Å². The minimum Gasteiger partial charge on any atom is -0.382 e. The number of para-hydroxylation sites is 1. The lowest BCUT2D eigenvalue weighted by molar-refractivity contribution is 0.0850. The van der Waals surface area contributed by atoms with Crippen molar-refractivity contribution < 1.29 is 17.6 Å². The number of hydrogen-bond acceptors (Lipinski definition) is 6. The van der Waals surface area contributed by atoms with Crippen molar-refractivity contribution in [2.45, 2.75) is 25.3 Å². The molecule has 4 rings (SSSR count). The Labute approximate surface area is 156 Å². The Morgan fingerprint density at radius 1 is 1.41 bits per heavy atom. The van der Waals surface area contributed by atoms with Crippen LogP contribution in [0.3, 0.4) is 0 Å². The van der Waals surface area contributed by atoms with Crippen LogP contribution in [0, 0.1) is 5.82 Å². The molecule has 10 heteroatoms. The first-order valence-corrected chi connectivity index (χ1v) is 10.5. The highest BCUT2D eigenvalue weighted by Gasteiger charge is 2.35. The van der Waals surface area contributed by atoms with Crippen molar-refractivity contribution in [2.75, 3.05) is 30.4 Å². The first-order chi connectivity index (χ1) is 12.8. The first-order valence-electron chi connectivity index (χ1n) is 8.65. The van der Waals surface area contributed by atoms with E-state index in [1.54, 1.807) is 12.1 Å². The highest BCUT2D eigenvalue weighted by Crippen LogP contribution is 2.35. The van der Waals surface area contributed by atoms with Gasteiger partial charge in [0, 0.05) is 18.7 Å². The number of anilines is 2. The zero-order chi connectivity index (χ0) is 19.3. The van der Waals surface area contributed by atoms with Gasteiger partial charge < -0.3 is 11.1 Å². The summed E-state index contributed by atoms with van der Waals surface area (Å²) in [5.41, 5.74) is 8.08. The summed E-state index contributed by atoms with van der Waals surface area (Å²) in [7, 11) is -3.40. The summed E-state index contributed by atoms with van der Waals surface area (Å²) in [5, 5.41) is 7.18. The molecular formula is C17H20FN5O3S. The zero-order valence-corrected chi connectivity index (χ0v) is 15.6. The lowest BCUT2D eigenvalue weighted by Gasteiger charge is -2.28. The lowest BCUT2D eigenvalue weighted by Crippen LogP contribution is -2.37. The van der Waals surface area contributed by atoms with Crippen LogP contribution in [0.5, 0.6) is 0 Å². The number of fused-ring (bicyclic) bond motifs is 2. The molecule has 0 aliphatic carbocycles. The summed E-state index contributed by atoms with van der Waals surface area (Å²) < 4.78 is 40.4. The van der Waals surface area contributed by atoms with Crippen LogP contribution in [0.2, 0.25) is 0 Å². The summed E-state index contributed by atoms with van der Waals surface area (Å²) in [6.07, 6.45) is 2.02. The van der Waals surface area contributed by atoms with Crippen LogP contribution in [0.15, 0.2) is 18.2 Å². The van der Waals surface area contributed by atoms with Crippen molar-refractivity contribution >= 4 is 27.4 Å². The number of nitrogen functional groups attached to an aromatic ring is 1. The zero-order valence-electron chi connectivity index (χ0n) is 14.8. The number of nitrogens with two attached hydrogens (primary N) is 1. The minimum atomic E-state index is -3.40. The largest absolute Gasteiger partial charge is 0.382 e. The number of sulfonamides is 1. The smallest absolute Gasteiger partial charge is 0.254 e. The molecule has 8 nitrogen and oxygen atoms in total. The molecule has 27 heavy (non-hydrogen) atoms. The quantitative estimate of drug-likeness (QED) is 0.792. The van der Waals surface area contributed by atoms with Gasteiger partial charge in [-0.05, 0) is 24.5 Å². The van der Waals surface area contributed by atoms with Crippen LogP contribution in [-0.4, -0.2) is 47.8 Å². The molecular weight excluding hydrogens is 373 g/mol. The Morgan fingerprint density at radius 2 is 2.19 bits per heavy atom. The molecule has 2 aliphatic rings. The van der Waals surface area contributed by atoms with Crippen molar-refractivity contribution in [1.82, 2.24) is 14.1 Å². The Bertz CT molecular complexity index is 1030. The number of nitrogens with zero attached hydrogens (tertiary/aromatic N) is 3. The average molecular weight is 393 g/mol. The number of carbonyl (C=O) groups is 1. The number of carbonyl (C=O) groups excluding carboxylic acids is 1. The van der Waals surface area contributed by atoms with Crippen molar-refractivity contribution in [3.8, 4) is 0 Å². The van der Waals surface area contributed by atoms with Gasteiger partial charge in [-0.1, -0.05) is 12.1 Å². The lowest BCUT2D eigenvalue weighted by atomic mass is 9.90. The van der Waals surface area contributed by atoms with E-state index in [2.05, 4.69) is 10.4 Å². The molecule has 0 radical (unpaired) electrons. The summed E-state index contributed by atoms with van der Waals surface area (Å²) in [4.78, 5) is 13.2. The topological polar surface area (TPSA) is 110 Å². The van der Waals surface area contributed by atoms with Gasteiger partial charge in [0.1, 0.15) is 11.6 Å². The Hall–Kier alpha value is -2.46. The van der Waals surface area contributed by atoms with E-state index in [1.807, 2.05) is 0 Å². The molecule has 2 aliphatic heterocycles. The predicted octanol–water partition coefficient (Wildman–Crippen LogP) is 1.16. The average Bonchev–Trinajstić information content (AvgIpc) is 2.97. The molecule has 0 spiro atoms. The normalized spacial score (nSPS) is 19.9. The van der Waals surface area contributed by atoms with E-state index in [-0.39, 0.29) is 18.3 Å². The molecule has 0 saturated carbocycles. The maximum Gasteiger partial charge on any atom is 0.254 e. The fraction of sp³-hybridized carbons (Fsp3) is 0.412. The van der Waals surface area contributed by atoms with Gasteiger partial charge in [-0.15, -0.1) is 5.10 Å². The van der Waals surface area contributed by atoms with Crippen LogP contribution in [-0.2, 0) is 23.0 Å². The van der Waals surface area contributed by atoms with E-state index >= 15 is 0 Å². The second kappa shape index (κ2) is 6.31. The van der Waals surface area contributed by atoms with Crippen molar-refractivity contribution in [3.63, 3.8) is 0 Å². The van der Waals surface area contributed by atoms with Crippen LogP contribution in [0.1, 0.15) is 34.0 Å². The van der Waals surface area contributed by atoms with Crippen LogP contribution >= 0.6 is 0 Å². The summed E-state index contributed by atoms with van der Waals surface area (Å²) in [6.45, 7) is 0.807. The van der Waals surface area contributed by atoms with Crippen molar-refractivity contribution in [1.29, 1.82) is 0 Å². The third kappa shape index (κ3) is 2.98. The maximum atomic E-state index is 14.1. The number of nitrogens with one attached hydrogen (secondary N) is 1. The number of hydrogen-bond donors (Lipinski definition) is 2. The van der Waals surface area contributed by atoms with Gasteiger partial charge in [0.05, 0.1) is 30.1 Å². The molecule has 1 aromatic carbocycles. The van der Waals surface area contributed by atoms with E-state index in [0.29, 0.717) is 48.4 Å². The Kier molecular flexibility index (Phi) is 4.19. The second-order valence-electron chi connectivity index (χ2n) is 6.88. The molecule has 1 unspecified atom stereocenters. The molecule has 2 aromatic rings. The molecule has 3 heterocycles. The van der Waals surface area contributed by atoms with Crippen LogP contribution in [0.25, 0.3) is 0 Å². The van der Waals surface area contributed by atoms with Crippen molar-refractivity contribution in [2.24, 2.45) is 0 Å². The fourth-order valence-corrected chi connectivity index (χ4v) is 4.59. The Morgan fingerprint density at radius 3 is 2.93 bits per heavy atom. The van der Waals surface area contributed by atoms with Gasteiger partial charge in [-0.25, -0.2) is 17.5 Å². The standard InChI is InChI=1S/C17H20FN5O3S/c1-27(25,26)22-8-6-12-14(9-22)23(21-16(12)19)17(24)11-5-7-20-15-10(11)3-2-4-13(15)18/h2-4,11,20H,5-9H2,1H3,(H2,19,21). The monoisotopic (exact) mass is 393 g/mol. The van der Waals surface area contributed by atoms with Crippen LogP contribution < -0.4 is 11.1 Å². The van der Waals surface area contributed by atoms with E-state index in [4.69, 9.17) is 5.73 Å². The molecule has 0 bridgehead atoms. The van der Waals surface area contributed by atoms with E-state index in [9.17, 15) is 17.6 Å². The minimum absolute atomic E-state index is 0.0467. The predicted molar refractivity (Wildman–Crippen MR) is 98.5 cm³/mol. The van der Waals surface area contributed by atoms with Crippen molar-refractivity contribution in [3.05, 3.63) is 40.8 Å². The molecule has 1 aromatic heterocycles. The van der Waals surface area contributed by atoms with Gasteiger partial charge in [0.25, 0.3) is 5.91 Å². The van der Waals surface area contributed by atoms with E-state index in [1.165, 1.54) is 15.1 Å². The molecule has 1 atom stereocenters. The summed E-state index contributed by atoms with van der Waals surface area (Å²) in [6, 6.07) is 4.63. The summed E-state index contributed by atoms with van der Waals surface area (Å²) >= 11 is 0. The third-order valence-corrected chi connectivity index (χ3v) is 6.44. The van der Waals surface area contributed by atoms with Gasteiger partial charge in [0.2, 0.25) is 10.0 Å². The van der Waals surface area contributed by atoms with Gasteiger partial charge in [0.15, 0.2) is 0 Å². The van der Waals surface area contributed by atoms with Crippen LogP contribution in [0.4, 0.5) is 15.9 Å². The third-order valence-electron chi connectivity index (χ3n) is 5.19. The molecule has 0 saturated heterocycles. The Balaban J connectivity index is 1.74. The number of benzene rings is 1. The maximum absolute atomic E-state index is 14.1. The first kappa shape index (κ1) is 17.9. The van der Waals surface area contributed by atoms with Gasteiger partial charge in [-0.3, -0.25) is 4.79 Å². The summed E-state index contributed by atoms with van der Waals surface area (Å²) in [5.74, 6) is -1.07. The SMILES string of the molecule is CS(=O)(=O)N1CCc2c(N)nn(C(=O)C3CCNc4c(F)cccc43)c2C1. The second-order valence-corrected chi connectivity index (χ2v) is 8.86. The molecule has 3 N–H and O–H groups in total. The fourth-order valence-electron chi connectivity index (χ4n) is 3.81. The molecule has 144 valence electrons. The number of halogens is 1. The highest BCUT2D eigenvalue weighted by atomic mass is 32.2. The van der Waals surface area contributed by atoms with Gasteiger partial charge >= 0.3 is 0 Å². The van der Waals surface area contributed by atoms with E-state index < -0.39 is 21.8 Å². The molecule has 0 amide bonds.